The number of hydrogen-bond acceptors (Lipinski definition) is 3. The number of para-hydroxylation sites is 1. The van der Waals surface area contributed by atoms with Crippen LogP contribution in [0.2, 0.25) is 5.02 Å². The van der Waals surface area contributed by atoms with Crippen LogP contribution in [0.1, 0.15) is 21.6 Å². The molecule has 3 N–H and O–H groups in total. The number of anilines is 1. The molecule has 0 fully saturated rings. The average molecular weight is 327 g/mol. The first-order chi connectivity index (χ1) is 11.1. The van der Waals surface area contributed by atoms with Gasteiger partial charge in [-0.2, -0.15) is 0 Å². The Morgan fingerprint density at radius 2 is 2.17 bits per heavy atom. The monoisotopic (exact) mass is 326 g/mol. The highest BCUT2D eigenvalue weighted by Gasteiger charge is 2.23. The molecule has 1 amide bonds. The first-order valence-corrected chi connectivity index (χ1v) is 7.80. The van der Waals surface area contributed by atoms with Crippen molar-refractivity contribution in [3.05, 3.63) is 58.4 Å². The number of hydrogen-bond donors (Lipinski definition) is 2. The lowest BCUT2D eigenvalue weighted by Gasteiger charge is -2.29. The van der Waals surface area contributed by atoms with Crippen LogP contribution in [-0.2, 0) is 13.0 Å². The molecule has 5 nitrogen and oxygen atoms in total. The number of aromatic amines is 1. The molecule has 0 radical (unpaired) electrons. The van der Waals surface area contributed by atoms with Gasteiger partial charge in [0.2, 0.25) is 5.91 Å². The minimum absolute atomic E-state index is 0.323. The van der Waals surface area contributed by atoms with E-state index in [1.165, 1.54) is 22.8 Å². The van der Waals surface area contributed by atoms with Gasteiger partial charge in [0.15, 0.2) is 0 Å². The molecule has 1 aromatic carbocycles. The van der Waals surface area contributed by atoms with Crippen LogP contribution in [-0.4, -0.2) is 22.4 Å². The summed E-state index contributed by atoms with van der Waals surface area (Å²) >= 11 is 6.31. The standard InChI is InChI=1S/C17H15ClN4O/c18-13-7-10(16(19)23)8-20-17(13)22-6-5-15-12(9-22)11-3-1-2-4-14(11)21-15/h1-4,7-8,21H,5-6,9H2,(H2,19,23). The molecule has 23 heavy (non-hydrogen) atoms. The summed E-state index contributed by atoms with van der Waals surface area (Å²) in [6, 6.07) is 9.87. The van der Waals surface area contributed by atoms with Crippen molar-refractivity contribution >= 4 is 34.2 Å². The number of pyridine rings is 1. The number of nitrogens with two attached hydrogens (primary N) is 1. The van der Waals surface area contributed by atoms with E-state index in [-0.39, 0.29) is 0 Å². The molecule has 0 bridgehead atoms. The van der Waals surface area contributed by atoms with E-state index in [0.717, 1.165) is 25.0 Å². The van der Waals surface area contributed by atoms with Gasteiger partial charge in [-0.1, -0.05) is 29.8 Å². The molecule has 3 aromatic rings. The Morgan fingerprint density at radius 1 is 1.35 bits per heavy atom. The molecular formula is C17H15ClN4O. The maximum atomic E-state index is 11.2. The lowest BCUT2D eigenvalue weighted by molar-refractivity contribution is 0.1000. The minimum atomic E-state index is -0.525. The Kier molecular flexibility index (Phi) is 3.23. The number of H-pyrrole nitrogens is 1. The number of amides is 1. The van der Waals surface area contributed by atoms with Gasteiger partial charge in [-0.25, -0.2) is 4.98 Å². The van der Waals surface area contributed by atoms with Crippen LogP contribution in [0, 0.1) is 0 Å². The maximum Gasteiger partial charge on any atom is 0.250 e. The predicted molar refractivity (Wildman–Crippen MR) is 90.8 cm³/mol. The molecule has 1 aliphatic heterocycles. The predicted octanol–water partition coefficient (Wildman–Crippen LogP) is 2.88. The summed E-state index contributed by atoms with van der Waals surface area (Å²) in [5.41, 5.74) is 9.30. The summed E-state index contributed by atoms with van der Waals surface area (Å²) in [6.07, 6.45) is 2.38. The van der Waals surface area contributed by atoms with Crippen LogP contribution in [0.3, 0.4) is 0 Å². The number of aromatic nitrogens is 2. The van der Waals surface area contributed by atoms with Gasteiger partial charge in [-0.3, -0.25) is 4.79 Å². The third kappa shape index (κ3) is 2.33. The Morgan fingerprint density at radius 3 is 2.96 bits per heavy atom. The fourth-order valence-electron chi connectivity index (χ4n) is 3.15. The molecule has 0 spiro atoms. The van der Waals surface area contributed by atoms with Crippen molar-refractivity contribution < 1.29 is 4.79 Å². The summed E-state index contributed by atoms with van der Waals surface area (Å²) < 4.78 is 0. The van der Waals surface area contributed by atoms with Crippen LogP contribution in [0.25, 0.3) is 10.9 Å². The van der Waals surface area contributed by atoms with E-state index in [0.29, 0.717) is 16.4 Å². The van der Waals surface area contributed by atoms with Gasteiger partial charge < -0.3 is 15.6 Å². The maximum absolute atomic E-state index is 11.2. The molecule has 3 heterocycles. The van der Waals surface area contributed by atoms with Crippen molar-refractivity contribution in [3.63, 3.8) is 0 Å². The fourth-order valence-corrected chi connectivity index (χ4v) is 3.43. The summed E-state index contributed by atoms with van der Waals surface area (Å²) in [4.78, 5) is 21.2. The molecule has 0 saturated carbocycles. The lowest BCUT2D eigenvalue weighted by atomic mass is 10.0. The van der Waals surface area contributed by atoms with Crippen molar-refractivity contribution in [3.8, 4) is 0 Å². The molecule has 0 atom stereocenters. The van der Waals surface area contributed by atoms with Crippen LogP contribution < -0.4 is 10.6 Å². The molecule has 4 rings (SSSR count). The number of nitrogens with one attached hydrogen (secondary N) is 1. The molecular weight excluding hydrogens is 312 g/mol. The Hall–Kier alpha value is -2.53. The van der Waals surface area contributed by atoms with Gasteiger partial charge >= 0.3 is 0 Å². The SMILES string of the molecule is NC(=O)c1cnc(N2CCc3[nH]c4ccccc4c3C2)c(Cl)c1. The van der Waals surface area contributed by atoms with Gasteiger partial charge in [0, 0.05) is 47.9 Å². The highest BCUT2D eigenvalue weighted by molar-refractivity contribution is 6.33. The number of nitrogens with zero attached hydrogens (tertiary/aromatic N) is 2. The van der Waals surface area contributed by atoms with Gasteiger partial charge in [0.05, 0.1) is 10.6 Å². The molecule has 0 unspecified atom stereocenters. The summed E-state index contributed by atoms with van der Waals surface area (Å²) in [7, 11) is 0. The van der Waals surface area contributed by atoms with E-state index in [2.05, 4.69) is 27.0 Å². The highest BCUT2D eigenvalue weighted by Crippen LogP contribution is 2.32. The average Bonchev–Trinajstić information content (AvgIpc) is 2.92. The van der Waals surface area contributed by atoms with Gasteiger partial charge in [-0.15, -0.1) is 0 Å². The number of halogens is 1. The number of carbonyl (C=O) groups excluding carboxylic acids is 1. The molecule has 0 aliphatic carbocycles. The minimum Gasteiger partial charge on any atom is -0.366 e. The normalized spacial score (nSPS) is 14.0. The van der Waals surface area contributed by atoms with Crippen LogP contribution >= 0.6 is 11.6 Å². The van der Waals surface area contributed by atoms with Crippen molar-refractivity contribution in [1.82, 2.24) is 9.97 Å². The molecule has 1 aliphatic rings. The zero-order valence-electron chi connectivity index (χ0n) is 12.3. The lowest BCUT2D eigenvalue weighted by Crippen LogP contribution is -2.31. The quantitative estimate of drug-likeness (QED) is 0.760. The van der Waals surface area contributed by atoms with Gasteiger partial charge in [0.1, 0.15) is 5.82 Å². The second kappa shape index (κ2) is 5.28. The van der Waals surface area contributed by atoms with E-state index in [4.69, 9.17) is 17.3 Å². The zero-order chi connectivity index (χ0) is 16.0. The number of primary amides is 1. The Bertz CT molecular complexity index is 918. The Labute approximate surface area is 138 Å². The molecule has 0 saturated heterocycles. The molecule has 6 heteroatoms. The zero-order valence-corrected chi connectivity index (χ0v) is 13.1. The third-order valence-corrected chi connectivity index (χ3v) is 4.57. The smallest absolute Gasteiger partial charge is 0.250 e. The number of carbonyl (C=O) groups is 1. The first-order valence-electron chi connectivity index (χ1n) is 7.42. The van der Waals surface area contributed by atoms with Crippen molar-refractivity contribution in [2.45, 2.75) is 13.0 Å². The van der Waals surface area contributed by atoms with Crippen LogP contribution in [0.15, 0.2) is 36.5 Å². The van der Waals surface area contributed by atoms with Crippen LogP contribution in [0.4, 0.5) is 5.82 Å². The number of benzene rings is 1. The van der Waals surface area contributed by atoms with Crippen molar-refractivity contribution in [1.29, 1.82) is 0 Å². The van der Waals surface area contributed by atoms with Gasteiger partial charge in [0.25, 0.3) is 0 Å². The molecule has 116 valence electrons. The van der Waals surface area contributed by atoms with E-state index in [1.807, 2.05) is 12.1 Å². The topological polar surface area (TPSA) is 75.0 Å². The summed E-state index contributed by atoms with van der Waals surface area (Å²) in [5, 5.41) is 1.68. The van der Waals surface area contributed by atoms with E-state index >= 15 is 0 Å². The van der Waals surface area contributed by atoms with Crippen LogP contribution in [0.5, 0.6) is 0 Å². The number of fused-ring (bicyclic) bond motifs is 3. The van der Waals surface area contributed by atoms with Crippen molar-refractivity contribution in [2.24, 2.45) is 5.73 Å². The largest absolute Gasteiger partial charge is 0.366 e. The first kappa shape index (κ1) is 14.1. The Balaban J connectivity index is 1.71. The van der Waals surface area contributed by atoms with E-state index in [1.54, 1.807) is 6.07 Å². The summed E-state index contributed by atoms with van der Waals surface area (Å²) in [5.74, 6) is 0.163. The van der Waals surface area contributed by atoms with E-state index < -0.39 is 5.91 Å². The highest BCUT2D eigenvalue weighted by atomic mass is 35.5. The number of rotatable bonds is 2. The van der Waals surface area contributed by atoms with E-state index in [9.17, 15) is 4.79 Å². The van der Waals surface area contributed by atoms with Crippen molar-refractivity contribution in [2.75, 3.05) is 11.4 Å². The fraction of sp³-hybridized carbons (Fsp3) is 0.176. The summed E-state index contributed by atoms with van der Waals surface area (Å²) in [6.45, 7) is 1.56. The second-order valence-electron chi connectivity index (χ2n) is 5.69. The molecule has 2 aromatic heterocycles. The van der Waals surface area contributed by atoms with Gasteiger partial charge in [-0.05, 0) is 12.1 Å². The second-order valence-corrected chi connectivity index (χ2v) is 6.10. The third-order valence-electron chi connectivity index (χ3n) is 4.29.